The molecule has 0 spiro atoms. The van der Waals surface area contributed by atoms with Gasteiger partial charge in [-0.2, -0.15) is 0 Å². The molecule has 0 saturated heterocycles. The highest BCUT2D eigenvalue weighted by Gasteiger charge is 2.22. The molecule has 0 aromatic heterocycles. The van der Waals surface area contributed by atoms with Crippen LogP contribution >= 0.6 is 0 Å². The monoisotopic (exact) mass is 313 g/mol. The largest absolute Gasteiger partial charge is 0.313 e. The van der Waals surface area contributed by atoms with Crippen LogP contribution in [0.1, 0.15) is 44.1 Å². The summed E-state index contributed by atoms with van der Waals surface area (Å²) < 4.78 is 36.5. The first kappa shape index (κ1) is 16.4. The van der Waals surface area contributed by atoms with Crippen LogP contribution in [-0.4, -0.2) is 32.5 Å². The highest BCUT2D eigenvalue weighted by Crippen LogP contribution is 2.25. The van der Waals surface area contributed by atoms with Crippen molar-refractivity contribution in [3.63, 3.8) is 0 Å². The Morgan fingerprint density at radius 2 is 2.14 bits per heavy atom. The number of sulfone groups is 1. The topological polar surface area (TPSA) is 46.2 Å². The van der Waals surface area contributed by atoms with E-state index in [0.29, 0.717) is 12.5 Å². The van der Waals surface area contributed by atoms with Gasteiger partial charge < -0.3 is 5.32 Å². The van der Waals surface area contributed by atoms with Gasteiger partial charge in [-0.3, -0.25) is 0 Å². The van der Waals surface area contributed by atoms with E-state index in [-0.39, 0.29) is 23.2 Å². The Hall–Kier alpha value is -0.940. The highest BCUT2D eigenvalue weighted by molar-refractivity contribution is 7.91. The molecule has 1 aromatic rings. The summed E-state index contributed by atoms with van der Waals surface area (Å²) in [5, 5.41) is 3.46. The molecule has 0 radical (unpaired) electrons. The highest BCUT2D eigenvalue weighted by atomic mass is 32.2. The molecule has 5 heteroatoms. The van der Waals surface area contributed by atoms with Crippen LogP contribution < -0.4 is 5.32 Å². The summed E-state index contributed by atoms with van der Waals surface area (Å²) in [6.45, 7) is 2.47. The second kappa shape index (κ2) is 7.36. The molecule has 1 N–H and O–H groups in total. The Bertz CT molecular complexity index is 555. The molecule has 2 rings (SSSR count). The number of hydrogen-bond donors (Lipinski definition) is 1. The van der Waals surface area contributed by atoms with Crippen molar-refractivity contribution in [3.05, 3.63) is 35.6 Å². The SMILES string of the molecule is CCS(=O)(=O)CCCC(CNC1CC1)c1cccc(F)c1. The van der Waals surface area contributed by atoms with E-state index in [2.05, 4.69) is 5.32 Å². The normalized spacial score (nSPS) is 16.9. The fourth-order valence-corrected chi connectivity index (χ4v) is 3.33. The second-order valence-corrected chi connectivity index (χ2v) is 8.29. The maximum Gasteiger partial charge on any atom is 0.150 e. The Morgan fingerprint density at radius 3 is 2.76 bits per heavy atom. The molecule has 1 saturated carbocycles. The molecule has 118 valence electrons. The summed E-state index contributed by atoms with van der Waals surface area (Å²) in [6.07, 6.45) is 3.81. The predicted octanol–water partition coefficient (Wildman–Crippen LogP) is 2.88. The van der Waals surface area contributed by atoms with Gasteiger partial charge >= 0.3 is 0 Å². The van der Waals surface area contributed by atoms with E-state index >= 15 is 0 Å². The van der Waals surface area contributed by atoms with Crippen molar-refractivity contribution in [2.75, 3.05) is 18.1 Å². The lowest BCUT2D eigenvalue weighted by molar-refractivity contribution is 0.533. The van der Waals surface area contributed by atoms with Gasteiger partial charge in [0.25, 0.3) is 0 Å². The number of nitrogens with one attached hydrogen (secondary N) is 1. The molecule has 1 unspecified atom stereocenters. The number of hydrogen-bond acceptors (Lipinski definition) is 3. The van der Waals surface area contributed by atoms with Crippen molar-refractivity contribution >= 4 is 9.84 Å². The Kier molecular flexibility index (Phi) is 5.76. The first-order chi connectivity index (χ1) is 10.00. The standard InChI is InChI=1S/C16H24FNO2S/c1-2-21(19,20)10-4-6-14(12-18-16-8-9-16)13-5-3-7-15(17)11-13/h3,5,7,11,14,16,18H,2,4,6,8-10,12H2,1H3. The fourth-order valence-electron chi connectivity index (χ4n) is 2.44. The quantitative estimate of drug-likeness (QED) is 0.762. The van der Waals surface area contributed by atoms with Gasteiger partial charge in [-0.15, -0.1) is 0 Å². The van der Waals surface area contributed by atoms with Gasteiger partial charge in [-0.1, -0.05) is 19.1 Å². The van der Waals surface area contributed by atoms with Gasteiger partial charge in [-0.25, -0.2) is 12.8 Å². The minimum atomic E-state index is -2.92. The summed E-state index contributed by atoms with van der Waals surface area (Å²) in [7, 11) is -2.92. The number of rotatable bonds is 9. The van der Waals surface area contributed by atoms with Gasteiger partial charge in [0.15, 0.2) is 0 Å². The number of halogens is 1. The van der Waals surface area contributed by atoms with Gasteiger partial charge in [0.05, 0.1) is 5.75 Å². The second-order valence-electron chi connectivity index (χ2n) is 5.81. The molecular formula is C16H24FNO2S. The van der Waals surface area contributed by atoms with Crippen LogP contribution in [0.4, 0.5) is 4.39 Å². The van der Waals surface area contributed by atoms with E-state index in [1.807, 2.05) is 6.07 Å². The molecule has 1 atom stereocenters. The summed E-state index contributed by atoms with van der Waals surface area (Å²) >= 11 is 0. The van der Waals surface area contributed by atoms with Crippen LogP contribution in [0.5, 0.6) is 0 Å². The van der Waals surface area contributed by atoms with Crippen molar-refractivity contribution in [2.45, 2.75) is 44.6 Å². The van der Waals surface area contributed by atoms with Crippen LogP contribution in [0, 0.1) is 5.82 Å². The first-order valence-electron chi connectivity index (χ1n) is 7.69. The van der Waals surface area contributed by atoms with Gasteiger partial charge in [0, 0.05) is 18.3 Å². The zero-order valence-electron chi connectivity index (χ0n) is 12.5. The van der Waals surface area contributed by atoms with E-state index in [4.69, 9.17) is 0 Å². The lowest BCUT2D eigenvalue weighted by Gasteiger charge is -2.18. The number of benzene rings is 1. The molecule has 1 aliphatic carbocycles. The summed E-state index contributed by atoms with van der Waals surface area (Å²) in [4.78, 5) is 0. The lowest BCUT2D eigenvalue weighted by atomic mass is 9.94. The first-order valence-corrected chi connectivity index (χ1v) is 9.51. The summed E-state index contributed by atoms with van der Waals surface area (Å²) in [5.41, 5.74) is 0.956. The van der Waals surface area contributed by atoms with E-state index in [9.17, 15) is 12.8 Å². The van der Waals surface area contributed by atoms with Gasteiger partial charge in [0.2, 0.25) is 0 Å². The third-order valence-electron chi connectivity index (χ3n) is 4.00. The minimum absolute atomic E-state index is 0.174. The average Bonchev–Trinajstić information content (AvgIpc) is 3.26. The Labute approximate surface area is 126 Å². The van der Waals surface area contributed by atoms with Crippen molar-refractivity contribution in [2.24, 2.45) is 0 Å². The zero-order chi connectivity index (χ0) is 15.3. The molecule has 0 heterocycles. The van der Waals surface area contributed by atoms with Gasteiger partial charge in [0.1, 0.15) is 15.7 Å². The van der Waals surface area contributed by atoms with Crippen molar-refractivity contribution in [3.8, 4) is 0 Å². The smallest absolute Gasteiger partial charge is 0.150 e. The third kappa shape index (κ3) is 5.75. The Morgan fingerprint density at radius 1 is 1.38 bits per heavy atom. The molecule has 0 amide bonds. The fraction of sp³-hybridized carbons (Fsp3) is 0.625. The maximum atomic E-state index is 13.4. The van der Waals surface area contributed by atoms with Gasteiger partial charge in [-0.05, 0) is 49.3 Å². The minimum Gasteiger partial charge on any atom is -0.313 e. The molecule has 0 aliphatic heterocycles. The third-order valence-corrected chi connectivity index (χ3v) is 5.79. The van der Waals surface area contributed by atoms with E-state index in [1.165, 1.54) is 18.9 Å². The van der Waals surface area contributed by atoms with Crippen LogP contribution in [0.3, 0.4) is 0 Å². The van der Waals surface area contributed by atoms with Crippen molar-refractivity contribution in [1.82, 2.24) is 5.32 Å². The van der Waals surface area contributed by atoms with E-state index in [0.717, 1.165) is 18.5 Å². The molecular weight excluding hydrogens is 289 g/mol. The lowest BCUT2D eigenvalue weighted by Crippen LogP contribution is -2.24. The predicted molar refractivity (Wildman–Crippen MR) is 83.7 cm³/mol. The zero-order valence-corrected chi connectivity index (χ0v) is 13.3. The molecule has 3 nitrogen and oxygen atoms in total. The molecule has 1 aromatic carbocycles. The summed E-state index contributed by atoms with van der Waals surface area (Å²) in [6, 6.07) is 7.25. The van der Waals surface area contributed by atoms with Crippen LogP contribution in [0.25, 0.3) is 0 Å². The molecule has 1 aliphatic rings. The average molecular weight is 313 g/mol. The van der Waals surface area contributed by atoms with E-state index in [1.54, 1.807) is 19.1 Å². The van der Waals surface area contributed by atoms with Crippen LogP contribution in [-0.2, 0) is 9.84 Å². The Balaban J connectivity index is 1.94. The molecule has 21 heavy (non-hydrogen) atoms. The van der Waals surface area contributed by atoms with Crippen LogP contribution in [0.2, 0.25) is 0 Å². The molecule has 0 bridgehead atoms. The van der Waals surface area contributed by atoms with Crippen molar-refractivity contribution < 1.29 is 12.8 Å². The molecule has 1 fully saturated rings. The maximum absolute atomic E-state index is 13.4. The van der Waals surface area contributed by atoms with Crippen LogP contribution in [0.15, 0.2) is 24.3 Å². The summed E-state index contributed by atoms with van der Waals surface area (Å²) in [5.74, 6) is 0.356. The van der Waals surface area contributed by atoms with E-state index < -0.39 is 9.84 Å². The van der Waals surface area contributed by atoms with Crippen molar-refractivity contribution in [1.29, 1.82) is 0 Å².